The minimum Gasteiger partial charge on any atom is -0.493 e. The van der Waals surface area contributed by atoms with E-state index in [1.54, 1.807) is 42.5 Å². The normalized spacial score (nSPS) is 10.7. The van der Waals surface area contributed by atoms with E-state index in [2.05, 4.69) is 24.5 Å². The molecule has 0 aromatic heterocycles. The summed E-state index contributed by atoms with van der Waals surface area (Å²) in [5, 5.41) is 5.66. The quantitative estimate of drug-likeness (QED) is 0.786. The molecule has 2 aromatic carbocycles. The van der Waals surface area contributed by atoms with E-state index in [0.717, 1.165) is 0 Å². The summed E-state index contributed by atoms with van der Waals surface area (Å²) in [5.41, 5.74) is 1.71. The van der Waals surface area contributed by atoms with Crippen LogP contribution in [0.25, 0.3) is 0 Å². The van der Waals surface area contributed by atoms with Crippen molar-refractivity contribution in [2.75, 3.05) is 11.9 Å². The second-order valence-corrected chi connectivity index (χ2v) is 6.89. The summed E-state index contributed by atoms with van der Waals surface area (Å²) in [6.45, 7) is 8.56. The number of carbonyl (C=O) groups is 2. The smallest absolute Gasteiger partial charge is 0.255 e. The minimum atomic E-state index is -0.223. The van der Waals surface area contributed by atoms with Gasteiger partial charge < -0.3 is 15.4 Å². The fourth-order valence-electron chi connectivity index (χ4n) is 2.24. The Bertz CT molecular complexity index is 752. The van der Waals surface area contributed by atoms with Gasteiger partial charge in [-0.25, -0.2) is 0 Å². The van der Waals surface area contributed by atoms with Crippen LogP contribution < -0.4 is 15.4 Å². The van der Waals surface area contributed by atoms with Gasteiger partial charge >= 0.3 is 0 Å². The minimum absolute atomic E-state index is 0.0760. The number of ether oxygens (including phenoxy) is 1. The Balaban J connectivity index is 2.01. The summed E-state index contributed by atoms with van der Waals surface area (Å²) in [7, 11) is 0. The van der Waals surface area contributed by atoms with Gasteiger partial charge in [-0.3, -0.25) is 9.59 Å². The van der Waals surface area contributed by atoms with Crippen molar-refractivity contribution in [3.05, 3.63) is 59.7 Å². The fourth-order valence-corrected chi connectivity index (χ4v) is 2.24. The van der Waals surface area contributed by atoms with Gasteiger partial charge in [-0.1, -0.05) is 19.9 Å². The molecule has 0 saturated carbocycles. The van der Waals surface area contributed by atoms with Crippen molar-refractivity contribution in [1.29, 1.82) is 0 Å². The topological polar surface area (TPSA) is 67.4 Å². The van der Waals surface area contributed by atoms with Crippen molar-refractivity contribution in [1.82, 2.24) is 5.32 Å². The molecule has 0 aliphatic rings. The number of carbonyl (C=O) groups excluding carboxylic acids is 2. The van der Waals surface area contributed by atoms with Crippen LogP contribution in [-0.4, -0.2) is 24.5 Å². The molecule has 5 heteroatoms. The standard InChI is InChI=1S/C21H26N2O3/c1-14(2)13-26-19-7-5-6-17(12-19)21(25)23-18-10-8-16(9-11-18)20(24)22-15(3)4/h5-12,14-15H,13H2,1-4H3,(H,22,24)(H,23,25). The molecule has 0 radical (unpaired) electrons. The van der Waals surface area contributed by atoms with Gasteiger partial charge in [-0.2, -0.15) is 0 Å². The lowest BCUT2D eigenvalue weighted by atomic mass is 10.1. The molecule has 0 unspecified atom stereocenters. The average molecular weight is 354 g/mol. The van der Waals surface area contributed by atoms with Gasteiger partial charge in [0.05, 0.1) is 6.61 Å². The first kappa shape index (κ1) is 19.5. The molecule has 2 aromatic rings. The van der Waals surface area contributed by atoms with Crippen LogP contribution in [0, 0.1) is 5.92 Å². The molecular formula is C21H26N2O3. The van der Waals surface area contributed by atoms with Gasteiger partial charge in [0.15, 0.2) is 0 Å². The van der Waals surface area contributed by atoms with Crippen LogP contribution in [0.5, 0.6) is 5.75 Å². The van der Waals surface area contributed by atoms with Gasteiger partial charge in [-0.05, 0) is 62.2 Å². The lowest BCUT2D eigenvalue weighted by Gasteiger charge is -2.11. The Morgan fingerprint density at radius 2 is 1.62 bits per heavy atom. The molecule has 0 spiro atoms. The summed E-state index contributed by atoms with van der Waals surface area (Å²) in [4.78, 5) is 24.4. The molecule has 138 valence electrons. The van der Waals surface area contributed by atoms with Gasteiger partial charge in [0.25, 0.3) is 11.8 Å². The van der Waals surface area contributed by atoms with Gasteiger partial charge in [-0.15, -0.1) is 0 Å². The Labute approximate surface area is 154 Å². The van der Waals surface area contributed by atoms with Crippen LogP contribution in [0.15, 0.2) is 48.5 Å². The first-order valence-electron chi connectivity index (χ1n) is 8.80. The molecule has 0 heterocycles. The summed E-state index contributed by atoms with van der Waals surface area (Å²) in [6.07, 6.45) is 0. The molecule has 0 bridgehead atoms. The van der Waals surface area contributed by atoms with Crippen LogP contribution in [-0.2, 0) is 0 Å². The second kappa shape index (κ2) is 9.04. The molecule has 26 heavy (non-hydrogen) atoms. The number of amides is 2. The lowest BCUT2D eigenvalue weighted by Crippen LogP contribution is -2.30. The molecule has 0 aliphatic heterocycles. The molecule has 0 fully saturated rings. The highest BCUT2D eigenvalue weighted by molar-refractivity contribution is 6.04. The molecule has 2 rings (SSSR count). The van der Waals surface area contributed by atoms with Crippen molar-refractivity contribution < 1.29 is 14.3 Å². The van der Waals surface area contributed by atoms with Crippen molar-refractivity contribution in [2.24, 2.45) is 5.92 Å². The van der Waals surface area contributed by atoms with E-state index >= 15 is 0 Å². The third kappa shape index (κ3) is 5.92. The number of nitrogens with one attached hydrogen (secondary N) is 2. The van der Waals surface area contributed by atoms with Gasteiger partial charge in [0.1, 0.15) is 5.75 Å². The third-order valence-electron chi connectivity index (χ3n) is 3.50. The maximum absolute atomic E-state index is 12.4. The number of benzene rings is 2. The van der Waals surface area contributed by atoms with E-state index in [0.29, 0.717) is 35.1 Å². The number of rotatable bonds is 7. The van der Waals surface area contributed by atoms with Crippen molar-refractivity contribution >= 4 is 17.5 Å². The number of hydrogen-bond donors (Lipinski definition) is 2. The van der Waals surface area contributed by atoms with Crippen LogP contribution in [0.4, 0.5) is 5.69 Å². The van der Waals surface area contributed by atoms with Crippen LogP contribution in [0.1, 0.15) is 48.4 Å². The zero-order chi connectivity index (χ0) is 19.1. The first-order valence-corrected chi connectivity index (χ1v) is 8.80. The van der Waals surface area contributed by atoms with E-state index < -0.39 is 0 Å². The van der Waals surface area contributed by atoms with Crippen LogP contribution in [0.2, 0.25) is 0 Å². The summed E-state index contributed by atoms with van der Waals surface area (Å²) in [5.74, 6) is 0.734. The summed E-state index contributed by atoms with van der Waals surface area (Å²) >= 11 is 0. The molecule has 0 atom stereocenters. The van der Waals surface area contributed by atoms with Crippen molar-refractivity contribution in [3.63, 3.8) is 0 Å². The molecule has 0 aliphatic carbocycles. The largest absolute Gasteiger partial charge is 0.493 e. The van der Waals surface area contributed by atoms with Gasteiger partial charge in [0.2, 0.25) is 0 Å². The fraction of sp³-hybridized carbons (Fsp3) is 0.333. The Hall–Kier alpha value is -2.82. The van der Waals surface area contributed by atoms with E-state index in [9.17, 15) is 9.59 Å². The van der Waals surface area contributed by atoms with E-state index in [4.69, 9.17) is 4.74 Å². The van der Waals surface area contributed by atoms with E-state index in [-0.39, 0.29) is 17.9 Å². The van der Waals surface area contributed by atoms with Crippen molar-refractivity contribution in [3.8, 4) is 5.75 Å². The zero-order valence-corrected chi connectivity index (χ0v) is 15.7. The van der Waals surface area contributed by atoms with Crippen molar-refractivity contribution in [2.45, 2.75) is 33.7 Å². The number of anilines is 1. The summed E-state index contributed by atoms with van der Waals surface area (Å²) in [6, 6.07) is 14.0. The maximum Gasteiger partial charge on any atom is 0.255 e. The average Bonchev–Trinajstić information content (AvgIpc) is 2.60. The Morgan fingerprint density at radius 1 is 0.923 bits per heavy atom. The highest BCUT2D eigenvalue weighted by atomic mass is 16.5. The SMILES string of the molecule is CC(C)COc1cccc(C(=O)Nc2ccc(C(=O)NC(C)C)cc2)c1. The second-order valence-electron chi connectivity index (χ2n) is 6.89. The van der Waals surface area contributed by atoms with E-state index in [1.807, 2.05) is 19.9 Å². The molecule has 2 N–H and O–H groups in total. The molecule has 5 nitrogen and oxygen atoms in total. The Kier molecular flexibility index (Phi) is 6.78. The highest BCUT2D eigenvalue weighted by Gasteiger charge is 2.10. The highest BCUT2D eigenvalue weighted by Crippen LogP contribution is 2.17. The predicted octanol–water partition coefficient (Wildman–Crippen LogP) is 4.11. The third-order valence-corrected chi connectivity index (χ3v) is 3.50. The number of hydrogen-bond acceptors (Lipinski definition) is 3. The first-order chi connectivity index (χ1) is 12.3. The van der Waals surface area contributed by atoms with E-state index in [1.165, 1.54) is 0 Å². The predicted molar refractivity (Wildman–Crippen MR) is 104 cm³/mol. The molecule has 2 amide bonds. The summed E-state index contributed by atoms with van der Waals surface area (Å²) < 4.78 is 5.66. The van der Waals surface area contributed by atoms with Crippen LogP contribution >= 0.6 is 0 Å². The molecule has 0 saturated heterocycles. The zero-order valence-electron chi connectivity index (χ0n) is 15.7. The van der Waals surface area contributed by atoms with Crippen LogP contribution in [0.3, 0.4) is 0 Å². The molecular weight excluding hydrogens is 328 g/mol. The lowest BCUT2D eigenvalue weighted by molar-refractivity contribution is 0.0942. The monoisotopic (exact) mass is 354 g/mol. The maximum atomic E-state index is 12.4. The Morgan fingerprint density at radius 3 is 2.23 bits per heavy atom. The van der Waals surface area contributed by atoms with Gasteiger partial charge in [0, 0.05) is 22.9 Å².